The molecule has 0 spiro atoms. The fraction of sp³-hybridized carbons (Fsp3) is 0.0833. The van der Waals surface area contributed by atoms with Crippen molar-refractivity contribution in [3.63, 3.8) is 0 Å². The van der Waals surface area contributed by atoms with Crippen LogP contribution in [-0.2, 0) is 6.61 Å². The third kappa shape index (κ3) is 2.69. The first-order chi connectivity index (χ1) is 9.11. The van der Waals surface area contributed by atoms with Gasteiger partial charge in [0, 0.05) is 0 Å². The second-order valence-corrected chi connectivity index (χ2v) is 3.51. The Morgan fingerprint density at radius 2 is 2.37 bits per heavy atom. The zero-order valence-corrected chi connectivity index (χ0v) is 9.46. The van der Waals surface area contributed by atoms with Crippen molar-refractivity contribution in [3.8, 4) is 11.8 Å². The molecular weight excluding hydrogens is 255 g/mol. The maximum atomic E-state index is 13.5. The van der Waals surface area contributed by atoms with Gasteiger partial charge in [0.15, 0.2) is 17.3 Å². The summed E-state index contributed by atoms with van der Waals surface area (Å²) in [4.78, 5) is 10.8. The summed E-state index contributed by atoms with van der Waals surface area (Å²) in [5.41, 5.74) is 0.0183. The normalized spacial score (nSPS) is 9.89. The molecule has 1 aromatic heterocycles. The van der Waals surface area contributed by atoms with Gasteiger partial charge in [-0.3, -0.25) is 0 Å². The van der Waals surface area contributed by atoms with Gasteiger partial charge in [0.2, 0.25) is 0 Å². The molecule has 0 radical (unpaired) electrons. The molecule has 0 aliphatic heterocycles. The van der Waals surface area contributed by atoms with Crippen molar-refractivity contribution in [2.24, 2.45) is 0 Å². The number of ether oxygens (including phenoxy) is 1. The topological polar surface area (TPSA) is 96.4 Å². The van der Waals surface area contributed by atoms with E-state index in [0.717, 1.165) is 12.3 Å². The number of aromatic carboxylic acids is 1. The van der Waals surface area contributed by atoms with Crippen LogP contribution in [-0.4, -0.2) is 16.2 Å². The van der Waals surface area contributed by atoms with Gasteiger partial charge in [-0.05, 0) is 18.2 Å². The van der Waals surface area contributed by atoms with Gasteiger partial charge in [-0.15, -0.1) is 0 Å². The number of rotatable bonds is 4. The molecule has 0 unspecified atom stereocenters. The minimum Gasteiger partial charge on any atom is -0.482 e. The number of nitriles is 1. The Morgan fingerprint density at radius 1 is 1.58 bits per heavy atom. The number of hydrogen-bond donors (Lipinski definition) is 1. The molecule has 7 heteroatoms. The SMILES string of the molecule is N#Cc1ccc(OCc2oncc2C(=O)O)c(F)c1. The van der Waals surface area contributed by atoms with E-state index in [1.807, 2.05) is 0 Å². The summed E-state index contributed by atoms with van der Waals surface area (Å²) in [5.74, 6) is -2.04. The van der Waals surface area contributed by atoms with Crippen LogP contribution < -0.4 is 4.74 Å². The Hall–Kier alpha value is -2.88. The highest BCUT2D eigenvalue weighted by Crippen LogP contribution is 2.20. The Morgan fingerprint density at radius 3 is 3.00 bits per heavy atom. The summed E-state index contributed by atoms with van der Waals surface area (Å²) in [7, 11) is 0. The molecule has 2 aromatic rings. The lowest BCUT2D eigenvalue weighted by Crippen LogP contribution is -2.03. The summed E-state index contributed by atoms with van der Waals surface area (Å²) in [5, 5.41) is 20.7. The van der Waals surface area contributed by atoms with Crippen LogP contribution in [0.1, 0.15) is 21.7 Å². The smallest absolute Gasteiger partial charge is 0.341 e. The molecule has 0 aliphatic carbocycles. The zero-order chi connectivity index (χ0) is 13.8. The number of benzene rings is 1. The maximum Gasteiger partial charge on any atom is 0.341 e. The number of carbonyl (C=O) groups is 1. The summed E-state index contributed by atoms with van der Waals surface area (Å²) >= 11 is 0. The standard InChI is InChI=1S/C12H7FN2O4/c13-9-3-7(4-14)1-2-10(9)18-6-11-8(12(16)17)5-15-19-11/h1-3,5H,6H2,(H,16,17). The number of nitrogens with zero attached hydrogens (tertiary/aromatic N) is 2. The van der Waals surface area contributed by atoms with Crippen molar-refractivity contribution in [3.05, 3.63) is 47.1 Å². The Kier molecular flexibility index (Phi) is 3.43. The van der Waals surface area contributed by atoms with Crippen LogP contribution in [0.15, 0.2) is 28.9 Å². The van der Waals surface area contributed by atoms with E-state index >= 15 is 0 Å². The molecule has 0 atom stereocenters. The number of carboxylic acid groups (broad SMARTS) is 1. The van der Waals surface area contributed by atoms with Crippen molar-refractivity contribution >= 4 is 5.97 Å². The van der Waals surface area contributed by atoms with Crippen molar-refractivity contribution in [1.29, 1.82) is 5.26 Å². The van der Waals surface area contributed by atoms with Gasteiger partial charge in [-0.2, -0.15) is 5.26 Å². The Bertz CT molecular complexity index is 660. The fourth-order valence-electron chi connectivity index (χ4n) is 1.37. The zero-order valence-electron chi connectivity index (χ0n) is 9.46. The van der Waals surface area contributed by atoms with Crippen LogP contribution in [0.5, 0.6) is 5.75 Å². The summed E-state index contributed by atoms with van der Waals surface area (Å²) < 4.78 is 23.3. The molecule has 2 rings (SSSR count). The van der Waals surface area contributed by atoms with Crippen LogP contribution >= 0.6 is 0 Å². The minimum absolute atomic E-state index is 0.0174. The van der Waals surface area contributed by atoms with Crippen molar-refractivity contribution in [2.45, 2.75) is 6.61 Å². The Labute approximate surface area is 106 Å². The molecule has 0 saturated carbocycles. The molecule has 0 fully saturated rings. The van der Waals surface area contributed by atoms with E-state index in [9.17, 15) is 9.18 Å². The summed E-state index contributed by atoms with van der Waals surface area (Å²) in [6.07, 6.45) is 1.04. The highest BCUT2D eigenvalue weighted by Gasteiger charge is 2.16. The largest absolute Gasteiger partial charge is 0.482 e. The first-order valence-electron chi connectivity index (χ1n) is 5.11. The predicted molar refractivity (Wildman–Crippen MR) is 58.9 cm³/mol. The number of carboxylic acids is 1. The lowest BCUT2D eigenvalue weighted by atomic mass is 10.2. The van der Waals surface area contributed by atoms with Crippen LogP contribution in [0, 0.1) is 17.1 Å². The van der Waals surface area contributed by atoms with Gasteiger partial charge in [-0.1, -0.05) is 5.16 Å². The summed E-state index contributed by atoms with van der Waals surface area (Å²) in [6.45, 7) is -0.273. The van der Waals surface area contributed by atoms with Gasteiger partial charge in [-0.25, -0.2) is 9.18 Å². The first-order valence-corrected chi connectivity index (χ1v) is 5.11. The highest BCUT2D eigenvalue weighted by molar-refractivity contribution is 5.88. The molecule has 19 heavy (non-hydrogen) atoms. The van der Waals surface area contributed by atoms with Crippen molar-refractivity contribution < 1.29 is 23.6 Å². The van der Waals surface area contributed by atoms with Gasteiger partial charge >= 0.3 is 5.97 Å². The number of halogens is 1. The van der Waals surface area contributed by atoms with E-state index in [1.165, 1.54) is 12.1 Å². The van der Waals surface area contributed by atoms with E-state index in [2.05, 4.69) is 5.16 Å². The summed E-state index contributed by atoms with van der Waals surface area (Å²) in [6, 6.07) is 5.48. The van der Waals surface area contributed by atoms with Crippen molar-refractivity contribution in [1.82, 2.24) is 5.16 Å². The van der Waals surface area contributed by atoms with Crippen LogP contribution in [0.3, 0.4) is 0 Å². The molecule has 96 valence electrons. The van der Waals surface area contributed by atoms with E-state index in [0.29, 0.717) is 0 Å². The van der Waals surface area contributed by atoms with Gasteiger partial charge in [0.25, 0.3) is 0 Å². The van der Waals surface area contributed by atoms with E-state index in [4.69, 9.17) is 19.6 Å². The van der Waals surface area contributed by atoms with E-state index in [-0.39, 0.29) is 29.2 Å². The second kappa shape index (κ2) is 5.18. The van der Waals surface area contributed by atoms with Crippen LogP contribution in [0.2, 0.25) is 0 Å². The molecule has 0 amide bonds. The van der Waals surface area contributed by atoms with E-state index < -0.39 is 11.8 Å². The molecule has 6 nitrogen and oxygen atoms in total. The molecule has 1 heterocycles. The van der Waals surface area contributed by atoms with Crippen LogP contribution in [0.4, 0.5) is 4.39 Å². The lowest BCUT2D eigenvalue weighted by molar-refractivity contribution is 0.0691. The van der Waals surface area contributed by atoms with Gasteiger partial charge in [0.1, 0.15) is 12.2 Å². The fourth-order valence-corrected chi connectivity index (χ4v) is 1.37. The molecule has 0 saturated heterocycles. The average molecular weight is 262 g/mol. The second-order valence-electron chi connectivity index (χ2n) is 3.51. The quantitative estimate of drug-likeness (QED) is 0.904. The monoisotopic (exact) mass is 262 g/mol. The highest BCUT2D eigenvalue weighted by atomic mass is 19.1. The maximum absolute atomic E-state index is 13.5. The number of aromatic nitrogens is 1. The first kappa shape index (κ1) is 12.6. The molecule has 0 aliphatic rings. The van der Waals surface area contributed by atoms with Crippen molar-refractivity contribution in [2.75, 3.05) is 0 Å². The predicted octanol–water partition coefficient (Wildman–Crippen LogP) is 1.96. The third-order valence-electron chi connectivity index (χ3n) is 2.30. The Balaban J connectivity index is 2.13. The van der Waals surface area contributed by atoms with Gasteiger partial charge < -0.3 is 14.4 Å². The lowest BCUT2D eigenvalue weighted by Gasteiger charge is -2.05. The van der Waals surface area contributed by atoms with Gasteiger partial charge in [0.05, 0.1) is 17.8 Å². The molecule has 0 bridgehead atoms. The van der Waals surface area contributed by atoms with Crippen LogP contribution in [0.25, 0.3) is 0 Å². The molecular formula is C12H7FN2O4. The molecule has 1 aromatic carbocycles. The molecule has 1 N–H and O–H groups in total. The van der Waals surface area contributed by atoms with E-state index in [1.54, 1.807) is 6.07 Å². The minimum atomic E-state index is -1.21. The number of hydrogen-bond acceptors (Lipinski definition) is 5. The average Bonchev–Trinajstić information content (AvgIpc) is 2.85. The third-order valence-corrected chi connectivity index (χ3v) is 2.30.